The Bertz CT molecular complexity index is 198. The second-order valence-electron chi connectivity index (χ2n) is 3.08. The van der Waals surface area contributed by atoms with E-state index in [1.165, 1.54) is 11.9 Å². The van der Waals surface area contributed by atoms with Crippen LogP contribution in [0.5, 0.6) is 0 Å². The van der Waals surface area contributed by atoms with Gasteiger partial charge in [-0.25, -0.2) is 0 Å². The number of aromatic nitrogens is 1. The van der Waals surface area contributed by atoms with E-state index in [0.29, 0.717) is 0 Å². The van der Waals surface area contributed by atoms with Gasteiger partial charge in [0.05, 0.1) is 0 Å². The van der Waals surface area contributed by atoms with Crippen LogP contribution in [0.2, 0.25) is 0 Å². The van der Waals surface area contributed by atoms with Crippen molar-refractivity contribution < 1.29 is 0 Å². The summed E-state index contributed by atoms with van der Waals surface area (Å²) in [5.74, 6) is 2.77. The monoisotopic (exact) mass is 147 g/mol. The molecule has 1 heterocycles. The Hall–Kier alpha value is -0.655. The molecule has 2 heteroatoms. The zero-order valence-electron chi connectivity index (χ0n) is 7.25. The molecule has 0 bridgehead atoms. The minimum absolute atomic E-state index is 0.777. The topological polar surface area (TPSA) is 12.9 Å². The van der Waals surface area contributed by atoms with Crippen molar-refractivity contribution in [1.82, 2.24) is 4.98 Å². The normalized spacial score (nSPS) is 12.5. The minimum atomic E-state index is 0.777. The van der Waals surface area contributed by atoms with Crippen molar-refractivity contribution in [1.29, 1.82) is 0 Å². The van der Waals surface area contributed by atoms with E-state index in [4.69, 9.17) is 0 Å². The molecule has 0 saturated carbocycles. The molecule has 0 saturated heterocycles. The van der Waals surface area contributed by atoms with E-state index in [1.807, 2.05) is 18.4 Å². The standard InChI is InChI=1S/C9H14BN/c1-3-8(2)6-9-7-11-5-4-10-9/h4-5,7-8H,3,6H2,1-2H3. The number of rotatable bonds is 3. The third-order valence-electron chi connectivity index (χ3n) is 2.00. The Kier molecular flexibility index (Phi) is 3.28. The first-order valence-electron chi connectivity index (χ1n) is 4.21. The van der Waals surface area contributed by atoms with Crippen molar-refractivity contribution >= 4 is 6.91 Å². The van der Waals surface area contributed by atoms with E-state index in [0.717, 1.165) is 12.3 Å². The summed E-state index contributed by atoms with van der Waals surface area (Å²) >= 11 is 0. The van der Waals surface area contributed by atoms with Crippen LogP contribution in [0.25, 0.3) is 0 Å². The Balaban J connectivity index is 2.51. The molecule has 0 aliphatic carbocycles. The van der Waals surface area contributed by atoms with Crippen molar-refractivity contribution in [3.05, 3.63) is 23.8 Å². The quantitative estimate of drug-likeness (QED) is 0.637. The molecule has 58 valence electrons. The van der Waals surface area contributed by atoms with Crippen LogP contribution >= 0.6 is 0 Å². The molecule has 0 spiro atoms. The predicted molar refractivity (Wildman–Crippen MR) is 48.7 cm³/mol. The van der Waals surface area contributed by atoms with Crippen LogP contribution in [0.15, 0.2) is 18.4 Å². The van der Waals surface area contributed by atoms with Gasteiger partial charge in [0.2, 0.25) is 0 Å². The Morgan fingerprint density at radius 3 is 3.00 bits per heavy atom. The zero-order chi connectivity index (χ0) is 8.10. The molecule has 0 aromatic carbocycles. The first-order valence-corrected chi connectivity index (χ1v) is 4.21. The summed E-state index contributed by atoms with van der Waals surface area (Å²) < 4.78 is 0. The molecular weight excluding hydrogens is 133 g/mol. The molecule has 1 rings (SSSR count). The summed E-state index contributed by atoms with van der Waals surface area (Å²) in [6.45, 7) is 6.63. The fourth-order valence-electron chi connectivity index (χ4n) is 1.07. The first-order chi connectivity index (χ1) is 5.33. The van der Waals surface area contributed by atoms with Gasteiger partial charge in [0.15, 0.2) is 0 Å². The van der Waals surface area contributed by atoms with Crippen LogP contribution in [0.4, 0.5) is 0 Å². The summed E-state index contributed by atoms with van der Waals surface area (Å²) in [6, 6.07) is 0. The van der Waals surface area contributed by atoms with Gasteiger partial charge in [-0.15, -0.1) is 0 Å². The molecule has 0 fully saturated rings. The van der Waals surface area contributed by atoms with Gasteiger partial charge in [0.25, 0.3) is 0 Å². The Labute approximate surface area is 69.1 Å². The van der Waals surface area contributed by atoms with Crippen LogP contribution < -0.4 is 0 Å². The van der Waals surface area contributed by atoms with E-state index in [2.05, 4.69) is 25.7 Å². The van der Waals surface area contributed by atoms with Crippen molar-refractivity contribution in [3.63, 3.8) is 0 Å². The average Bonchev–Trinajstić information content (AvgIpc) is 2.06. The molecule has 1 aromatic rings. The van der Waals surface area contributed by atoms with Crippen LogP contribution in [-0.4, -0.2) is 11.9 Å². The van der Waals surface area contributed by atoms with E-state index < -0.39 is 0 Å². The molecule has 0 N–H and O–H groups in total. The summed E-state index contributed by atoms with van der Waals surface area (Å²) in [5, 5.41) is 0. The van der Waals surface area contributed by atoms with Crippen LogP contribution in [0, 0.1) is 5.92 Å². The van der Waals surface area contributed by atoms with Gasteiger partial charge in [-0.1, -0.05) is 0 Å². The van der Waals surface area contributed by atoms with Gasteiger partial charge in [-0.3, -0.25) is 0 Å². The van der Waals surface area contributed by atoms with Crippen LogP contribution in [0.1, 0.15) is 25.7 Å². The number of nitrogens with zero attached hydrogens (tertiary/aromatic N) is 1. The summed E-state index contributed by atoms with van der Waals surface area (Å²) in [7, 11) is 0. The molecular formula is C9H14BN. The van der Waals surface area contributed by atoms with E-state index in [9.17, 15) is 0 Å². The molecule has 1 unspecified atom stereocenters. The maximum absolute atomic E-state index is 4.07. The Morgan fingerprint density at radius 1 is 1.64 bits per heavy atom. The predicted octanol–water partition coefficient (Wildman–Crippen LogP) is 2.01. The first kappa shape index (κ1) is 8.44. The summed E-state index contributed by atoms with van der Waals surface area (Å²) in [4.78, 5) is 4.07. The Morgan fingerprint density at radius 2 is 2.45 bits per heavy atom. The van der Waals surface area contributed by atoms with Gasteiger partial charge < -0.3 is 0 Å². The third kappa shape index (κ3) is 2.83. The van der Waals surface area contributed by atoms with Crippen LogP contribution in [0.3, 0.4) is 0 Å². The molecule has 1 nitrogen and oxygen atoms in total. The third-order valence-corrected chi connectivity index (χ3v) is 2.00. The molecule has 0 aliphatic heterocycles. The number of hydrogen-bond donors (Lipinski definition) is 0. The fourth-order valence-corrected chi connectivity index (χ4v) is 1.07. The van der Waals surface area contributed by atoms with E-state index in [1.54, 1.807) is 0 Å². The van der Waals surface area contributed by atoms with Gasteiger partial charge in [-0.2, -0.15) is 0 Å². The summed E-state index contributed by atoms with van der Waals surface area (Å²) in [6.07, 6.45) is 6.17. The van der Waals surface area contributed by atoms with Crippen molar-refractivity contribution in [2.45, 2.75) is 26.7 Å². The fraction of sp³-hybridized carbons (Fsp3) is 0.556. The van der Waals surface area contributed by atoms with Gasteiger partial charge in [0.1, 0.15) is 0 Å². The average molecular weight is 147 g/mol. The van der Waals surface area contributed by atoms with Crippen molar-refractivity contribution in [2.75, 3.05) is 0 Å². The molecule has 0 aliphatic rings. The second-order valence-corrected chi connectivity index (χ2v) is 3.08. The molecule has 0 radical (unpaired) electrons. The number of hydrogen-bond acceptors (Lipinski definition) is 1. The van der Waals surface area contributed by atoms with Gasteiger partial charge in [0, 0.05) is 0 Å². The SMILES string of the molecule is CCC(C)Cc1bccnc1. The zero-order valence-corrected chi connectivity index (χ0v) is 7.25. The van der Waals surface area contributed by atoms with Crippen LogP contribution in [-0.2, 0) is 6.42 Å². The van der Waals surface area contributed by atoms with Crippen molar-refractivity contribution in [2.24, 2.45) is 5.92 Å². The maximum atomic E-state index is 4.07. The molecule has 0 amide bonds. The summed E-state index contributed by atoms with van der Waals surface area (Å²) in [5.41, 5.74) is 1.35. The van der Waals surface area contributed by atoms with Crippen molar-refractivity contribution in [3.8, 4) is 0 Å². The van der Waals surface area contributed by atoms with Gasteiger partial charge >= 0.3 is 68.3 Å². The van der Waals surface area contributed by atoms with Gasteiger partial charge in [-0.05, 0) is 0 Å². The van der Waals surface area contributed by atoms with E-state index in [-0.39, 0.29) is 0 Å². The molecule has 11 heavy (non-hydrogen) atoms. The molecule has 1 atom stereocenters. The molecule has 1 aromatic heterocycles. The second kappa shape index (κ2) is 4.27. The van der Waals surface area contributed by atoms with E-state index >= 15 is 0 Å².